The molecular weight excluding hydrogens is 456 g/mol. The van der Waals surface area contributed by atoms with Gasteiger partial charge in [-0.1, -0.05) is 54.6 Å². The van der Waals surface area contributed by atoms with Crippen LogP contribution < -0.4 is 14.8 Å². The topological polar surface area (TPSA) is 84.9 Å². The van der Waals surface area contributed by atoms with Gasteiger partial charge in [0, 0.05) is 11.1 Å². The number of nitrogens with one attached hydrogen (secondary N) is 1. The zero-order valence-corrected chi connectivity index (χ0v) is 19.1. The Morgan fingerprint density at radius 1 is 0.971 bits per heavy atom. The average molecular weight is 481 g/mol. The fraction of sp³-hybridized carbons (Fsp3) is 0.259. The Morgan fingerprint density at radius 2 is 1.60 bits per heavy atom. The lowest BCUT2D eigenvalue weighted by molar-refractivity contribution is -0.138. The Hall–Kier alpha value is -3.94. The number of halogens is 2. The molecule has 0 unspecified atom stereocenters. The first-order valence-corrected chi connectivity index (χ1v) is 11.1. The summed E-state index contributed by atoms with van der Waals surface area (Å²) in [7, 11) is 1.37. The molecule has 6 nitrogen and oxygen atoms in total. The molecule has 1 aliphatic carbocycles. The molecule has 0 saturated carbocycles. The van der Waals surface area contributed by atoms with Crippen LogP contribution in [-0.2, 0) is 23.6 Å². The van der Waals surface area contributed by atoms with Crippen molar-refractivity contribution in [1.29, 1.82) is 0 Å². The van der Waals surface area contributed by atoms with Crippen LogP contribution in [-0.4, -0.2) is 36.2 Å². The van der Waals surface area contributed by atoms with Crippen LogP contribution >= 0.6 is 0 Å². The number of carboxylic acids is 1. The number of alkyl halides is 2. The standard InChI is InChI=1S/C27H25F2NO5/c1-34-22-12-11-18(13-23(22)35-17-27(28,29)21-9-3-2-4-10-21)25(33)30-26(16-24(31)32)14-19-7-5-6-8-20(19)15-26/h2-13H,14-17H2,1H3,(H,30,33)(H,31,32). The van der Waals surface area contributed by atoms with Gasteiger partial charge in [-0.15, -0.1) is 0 Å². The van der Waals surface area contributed by atoms with Crippen LogP contribution in [0.15, 0.2) is 72.8 Å². The Balaban J connectivity index is 1.54. The number of ether oxygens (including phenoxy) is 2. The summed E-state index contributed by atoms with van der Waals surface area (Å²) in [6.07, 6.45) is 0.504. The van der Waals surface area contributed by atoms with E-state index in [2.05, 4.69) is 5.32 Å². The van der Waals surface area contributed by atoms with Gasteiger partial charge in [0.05, 0.1) is 19.1 Å². The number of aliphatic carboxylic acids is 1. The van der Waals surface area contributed by atoms with Gasteiger partial charge in [-0.05, 0) is 42.2 Å². The van der Waals surface area contributed by atoms with Crippen molar-refractivity contribution in [3.8, 4) is 11.5 Å². The number of benzene rings is 3. The molecule has 0 aliphatic heterocycles. The number of rotatable bonds is 9. The molecule has 0 fully saturated rings. The van der Waals surface area contributed by atoms with Crippen molar-refractivity contribution in [2.45, 2.75) is 30.7 Å². The number of methoxy groups -OCH3 is 1. The highest BCUT2D eigenvalue weighted by molar-refractivity contribution is 5.96. The zero-order valence-electron chi connectivity index (χ0n) is 19.1. The highest BCUT2D eigenvalue weighted by Gasteiger charge is 2.40. The lowest BCUT2D eigenvalue weighted by Crippen LogP contribution is -2.50. The minimum atomic E-state index is -3.26. The number of hydrogen-bond acceptors (Lipinski definition) is 4. The van der Waals surface area contributed by atoms with Gasteiger partial charge >= 0.3 is 11.9 Å². The summed E-state index contributed by atoms with van der Waals surface area (Å²) in [5, 5.41) is 12.4. The van der Waals surface area contributed by atoms with E-state index in [9.17, 15) is 23.5 Å². The van der Waals surface area contributed by atoms with Gasteiger partial charge in [0.15, 0.2) is 18.1 Å². The Kier molecular flexibility index (Phi) is 6.73. The Morgan fingerprint density at radius 3 is 2.20 bits per heavy atom. The molecule has 2 N–H and O–H groups in total. The molecule has 0 heterocycles. The summed E-state index contributed by atoms with van der Waals surface area (Å²) in [6.45, 7) is -0.948. The van der Waals surface area contributed by atoms with E-state index < -0.39 is 29.9 Å². The van der Waals surface area contributed by atoms with Crippen LogP contribution in [0, 0.1) is 0 Å². The first-order valence-electron chi connectivity index (χ1n) is 11.1. The summed E-state index contributed by atoms with van der Waals surface area (Å²) in [5.41, 5.74) is 0.925. The van der Waals surface area contributed by atoms with Gasteiger partial charge in [-0.2, -0.15) is 8.78 Å². The summed E-state index contributed by atoms with van der Waals surface area (Å²) < 4.78 is 39.8. The molecular formula is C27H25F2NO5. The second-order valence-corrected chi connectivity index (χ2v) is 8.65. The van der Waals surface area contributed by atoms with E-state index in [4.69, 9.17) is 9.47 Å². The number of carbonyl (C=O) groups is 2. The molecule has 3 aromatic rings. The van der Waals surface area contributed by atoms with E-state index in [1.807, 2.05) is 24.3 Å². The molecule has 35 heavy (non-hydrogen) atoms. The maximum absolute atomic E-state index is 14.6. The molecule has 1 amide bonds. The molecule has 0 radical (unpaired) electrons. The number of fused-ring (bicyclic) bond motifs is 1. The SMILES string of the molecule is COc1ccc(C(=O)NC2(CC(=O)O)Cc3ccccc3C2)cc1OCC(F)(F)c1ccccc1. The monoisotopic (exact) mass is 481 g/mol. The highest BCUT2D eigenvalue weighted by Crippen LogP contribution is 2.35. The third-order valence-corrected chi connectivity index (χ3v) is 6.08. The summed E-state index contributed by atoms with van der Waals surface area (Å²) in [6, 6.07) is 19.1. The first kappa shape index (κ1) is 24.2. The van der Waals surface area contributed by atoms with E-state index in [0.29, 0.717) is 12.8 Å². The van der Waals surface area contributed by atoms with E-state index >= 15 is 0 Å². The van der Waals surface area contributed by atoms with Crippen LogP contribution in [0.1, 0.15) is 33.5 Å². The third-order valence-electron chi connectivity index (χ3n) is 6.08. The van der Waals surface area contributed by atoms with Crippen LogP contribution in [0.4, 0.5) is 8.78 Å². The van der Waals surface area contributed by atoms with Crippen molar-refractivity contribution in [3.05, 3.63) is 95.1 Å². The second kappa shape index (κ2) is 9.74. The molecule has 1 aliphatic rings. The molecule has 182 valence electrons. The first-order chi connectivity index (χ1) is 16.7. The van der Waals surface area contributed by atoms with E-state index in [1.54, 1.807) is 6.07 Å². The van der Waals surface area contributed by atoms with E-state index in [1.165, 1.54) is 49.6 Å². The van der Waals surface area contributed by atoms with Crippen LogP contribution in [0.2, 0.25) is 0 Å². The molecule has 0 atom stereocenters. The van der Waals surface area contributed by atoms with Crippen molar-refractivity contribution < 1.29 is 33.0 Å². The third kappa shape index (κ3) is 5.42. The van der Waals surface area contributed by atoms with Gasteiger partial charge in [0.1, 0.15) is 0 Å². The number of amides is 1. The van der Waals surface area contributed by atoms with Crippen molar-refractivity contribution in [2.24, 2.45) is 0 Å². The maximum atomic E-state index is 14.6. The summed E-state index contributed by atoms with van der Waals surface area (Å²) >= 11 is 0. The molecule has 0 aromatic heterocycles. The van der Waals surface area contributed by atoms with Crippen LogP contribution in [0.5, 0.6) is 11.5 Å². The fourth-order valence-electron chi connectivity index (χ4n) is 4.42. The largest absolute Gasteiger partial charge is 0.493 e. The van der Waals surface area contributed by atoms with Crippen molar-refractivity contribution >= 4 is 11.9 Å². The second-order valence-electron chi connectivity index (χ2n) is 8.65. The van der Waals surface area contributed by atoms with Crippen molar-refractivity contribution in [2.75, 3.05) is 13.7 Å². The lowest BCUT2D eigenvalue weighted by Gasteiger charge is -2.29. The number of carboxylic acid groups (broad SMARTS) is 1. The van der Waals surface area contributed by atoms with E-state index in [0.717, 1.165) is 11.1 Å². The summed E-state index contributed by atoms with van der Waals surface area (Å²) in [4.78, 5) is 24.8. The minimum Gasteiger partial charge on any atom is -0.493 e. The molecule has 8 heteroatoms. The summed E-state index contributed by atoms with van der Waals surface area (Å²) in [5.74, 6) is -4.64. The molecule has 0 bridgehead atoms. The van der Waals surface area contributed by atoms with Crippen LogP contribution in [0.3, 0.4) is 0 Å². The predicted octanol–water partition coefficient (Wildman–Crippen LogP) is 4.61. The maximum Gasteiger partial charge on any atom is 0.306 e. The molecule has 0 saturated heterocycles. The highest BCUT2D eigenvalue weighted by atomic mass is 19.3. The average Bonchev–Trinajstić information content (AvgIpc) is 3.19. The molecule has 0 spiro atoms. The predicted molar refractivity (Wildman–Crippen MR) is 125 cm³/mol. The quantitative estimate of drug-likeness (QED) is 0.466. The Labute approximate surface area is 201 Å². The molecule has 4 rings (SSSR count). The Bertz CT molecular complexity index is 1200. The molecule has 3 aromatic carbocycles. The smallest absolute Gasteiger partial charge is 0.306 e. The van der Waals surface area contributed by atoms with Gasteiger partial charge in [-0.25, -0.2) is 0 Å². The lowest BCUT2D eigenvalue weighted by atomic mass is 9.91. The van der Waals surface area contributed by atoms with Crippen LogP contribution in [0.25, 0.3) is 0 Å². The minimum absolute atomic E-state index is 0.0160. The fourth-order valence-corrected chi connectivity index (χ4v) is 4.42. The van der Waals surface area contributed by atoms with Gasteiger partial charge in [0.2, 0.25) is 0 Å². The van der Waals surface area contributed by atoms with Crippen molar-refractivity contribution in [3.63, 3.8) is 0 Å². The van der Waals surface area contributed by atoms with E-state index in [-0.39, 0.29) is 29.0 Å². The number of carbonyl (C=O) groups excluding carboxylic acids is 1. The number of hydrogen-bond donors (Lipinski definition) is 2. The normalized spacial score (nSPS) is 14.1. The zero-order chi connectivity index (χ0) is 25.1. The van der Waals surface area contributed by atoms with Gasteiger partial charge in [-0.3, -0.25) is 9.59 Å². The van der Waals surface area contributed by atoms with Crippen molar-refractivity contribution in [1.82, 2.24) is 5.32 Å². The van der Waals surface area contributed by atoms with Gasteiger partial charge < -0.3 is 19.9 Å². The van der Waals surface area contributed by atoms with Gasteiger partial charge in [0.25, 0.3) is 5.91 Å².